The molecule has 0 saturated carbocycles. The minimum atomic E-state index is 0.197. The molecule has 0 aliphatic carbocycles. The highest BCUT2D eigenvalue weighted by Gasteiger charge is 2.03. The molecule has 1 heteroatoms. The Morgan fingerprint density at radius 2 is 2.10 bits per heavy atom. The van der Waals surface area contributed by atoms with Gasteiger partial charge in [0.1, 0.15) is 5.78 Å². The molecule has 0 aromatic rings. The normalized spacial score (nSPS) is 13.9. The fourth-order valence-corrected chi connectivity index (χ4v) is 0.633. The molecule has 0 radical (unpaired) electrons. The maximum absolute atomic E-state index is 10.7. The molecule has 10 heavy (non-hydrogen) atoms. The quantitative estimate of drug-likeness (QED) is 0.548. The van der Waals surface area contributed by atoms with Gasteiger partial charge in [0, 0.05) is 5.92 Å². The molecule has 0 aromatic heterocycles. The van der Waals surface area contributed by atoms with E-state index in [0.717, 1.165) is 12.8 Å². The average Bonchev–Trinajstić information content (AvgIpc) is 1.88. The van der Waals surface area contributed by atoms with E-state index >= 15 is 0 Å². The molecule has 0 bridgehead atoms. The molecule has 0 aromatic carbocycles. The Morgan fingerprint density at radius 1 is 1.50 bits per heavy atom. The topological polar surface area (TPSA) is 17.1 Å². The van der Waals surface area contributed by atoms with Crippen LogP contribution >= 0.6 is 0 Å². The summed E-state index contributed by atoms with van der Waals surface area (Å²) in [7, 11) is 0. The Bertz CT molecular complexity index is 125. The number of hydrogen-bond acceptors (Lipinski definition) is 1. The molecule has 0 saturated heterocycles. The number of Topliss-reactive ketones (excluding diaryl/α,β-unsaturated/α-hetero) is 1. The van der Waals surface area contributed by atoms with Gasteiger partial charge in [0.2, 0.25) is 0 Å². The number of hydrogen-bond donors (Lipinski definition) is 0. The van der Waals surface area contributed by atoms with Crippen LogP contribution < -0.4 is 0 Å². The van der Waals surface area contributed by atoms with Crippen LogP contribution in [0, 0.1) is 5.92 Å². The minimum Gasteiger partial charge on any atom is -0.300 e. The number of ketones is 1. The molecule has 0 heterocycles. The smallest absolute Gasteiger partial charge is 0.132 e. The van der Waals surface area contributed by atoms with Crippen LogP contribution in [0.2, 0.25) is 0 Å². The summed E-state index contributed by atoms with van der Waals surface area (Å²) in [4.78, 5) is 10.7. The van der Waals surface area contributed by atoms with Gasteiger partial charge in [0.05, 0.1) is 0 Å². The van der Waals surface area contributed by atoms with Crippen LogP contribution in [-0.2, 0) is 4.79 Å². The van der Waals surface area contributed by atoms with Gasteiger partial charge in [-0.25, -0.2) is 0 Å². The number of carbonyl (C=O) groups excluding carboxylic acids is 1. The monoisotopic (exact) mass is 140 g/mol. The average molecular weight is 140 g/mol. The van der Waals surface area contributed by atoms with Crippen molar-refractivity contribution in [1.82, 2.24) is 0 Å². The van der Waals surface area contributed by atoms with Crippen molar-refractivity contribution in [3.63, 3.8) is 0 Å². The van der Waals surface area contributed by atoms with Crippen molar-refractivity contribution in [2.45, 2.75) is 33.6 Å². The van der Waals surface area contributed by atoms with Gasteiger partial charge in [-0.15, -0.1) is 0 Å². The van der Waals surface area contributed by atoms with Gasteiger partial charge in [-0.2, -0.15) is 0 Å². The maximum atomic E-state index is 10.7. The predicted molar refractivity (Wildman–Crippen MR) is 43.9 cm³/mol. The standard InChI is InChI=1S/C9H16O/c1-4-5-6-7-8(2)9(3)10/h5-6,8H,4,7H2,1-3H3/b6-5-. The van der Waals surface area contributed by atoms with Crippen LogP contribution in [0.25, 0.3) is 0 Å². The van der Waals surface area contributed by atoms with Crippen molar-refractivity contribution >= 4 is 5.78 Å². The van der Waals surface area contributed by atoms with Gasteiger partial charge in [-0.05, 0) is 19.8 Å². The van der Waals surface area contributed by atoms with E-state index in [1.165, 1.54) is 0 Å². The zero-order valence-electron chi connectivity index (χ0n) is 7.05. The Morgan fingerprint density at radius 3 is 2.50 bits per heavy atom. The van der Waals surface area contributed by atoms with Crippen molar-refractivity contribution in [2.75, 3.05) is 0 Å². The molecule has 0 amide bonds. The highest BCUT2D eigenvalue weighted by atomic mass is 16.1. The van der Waals surface area contributed by atoms with Gasteiger partial charge < -0.3 is 0 Å². The first-order chi connectivity index (χ1) is 4.68. The summed E-state index contributed by atoms with van der Waals surface area (Å²) in [5.41, 5.74) is 0. The van der Waals surface area contributed by atoms with Gasteiger partial charge in [-0.1, -0.05) is 26.0 Å². The second kappa shape index (κ2) is 5.21. The third-order valence-electron chi connectivity index (χ3n) is 1.59. The number of carbonyl (C=O) groups is 1. The highest BCUT2D eigenvalue weighted by molar-refractivity contribution is 5.77. The van der Waals surface area contributed by atoms with Crippen molar-refractivity contribution in [2.24, 2.45) is 5.92 Å². The molecule has 1 unspecified atom stereocenters. The van der Waals surface area contributed by atoms with Gasteiger partial charge in [0.15, 0.2) is 0 Å². The fraction of sp³-hybridized carbons (Fsp3) is 0.667. The zero-order valence-corrected chi connectivity index (χ0v) is 7.05. The SMILES string of the molecule is CC/C=C\CC(C)C(C)=O. The van der Waals surface area contributed by atoms with Crippen LogP contribution in [0.1, 0.15) is 33.6 Å². The van der Waals surface area contributed by atoms with Crippen LogP contribution in [0.4, 0.5) is 0 Å². The molecular weight excluding hydrogens is 124 g/mol. The van der Waals surface area contributed by atoms with E-state index in [1.54, 1.807) is 6.92 Å². The summed E-state index contributed by atoms with van der Waals surface area (Å²) in [6.45, 7) is 5.70. The Balaban J connectivity index is 3.48. The summed E-state index contributed by atoms with van der Waals surface area (Å²) >= 11 is 0. The van der Waals surface area contributed by atoms with E-state index in [4.69, 9.17) is 0 Å². The van der Waals surface area contributed by atoms with Gasteiger partial charge in [0.25, 0.3) is 0 Å². The summed E-state index contributed by atoms with van der Waals surface area (Å²) < 4.78 is 0. The molecule has 1 nitrogen and oxygen atoms in total. The summed E-state index contributed by atoms with van der Waals surface area (Å²) in [5, 5.41) is 0. The van der Waals surface area contributed by atoms with Crippen molar-refractivity contribution in [3.8, 4) is 0 Å². The lowest BCUT2D eigenvalue weighted by Gasteiger charge is -2.00. The molecule has 0 aliphatic rings. The molecule has 0 fully saturated rings. The summed E-state index contributed by atoms with van der Waals surface area (Å²) in [5.74, 6) is 0.476. The van der Waals surface area contributed by atoms with Crippen molar-refractivity contribution < 1.29 is 4.79 Å². The number of rotatable bonds is 4. The predicted octanol–water partition coefficient (Wildman–Crippen LogP) is 2.57. The first-order valence-electron chi connectivity index (χ1n) is 3.84. The van der Waals surface area contributed by atoms with Crippen LogP contribution in [0.15, 0.2) is 12.2 Å². The lowest BCUT2D eigenvalue weighted by atomic mass is 10.0. The first-order valence-corrected chi connectivity index (χ1v) is 3.84. The molecule has 0 aliphatic heterocycles. The lowest BCUT2D eigenvalue weighted by molar-refractivity contribution is -0.120. The van der Waals surface area contributed by atoms with Crippen molar-refractivity contribution in [1.29, 1.82) is 0 Å². The van der Waals surface area contributed by atoms with Crippen LogP contribution in [-0.4, -0.2) is 5.78 Å². The molecule has 0 spiro atoms. The summed E-state index contributed by atoms with van der Waals surface area (Å²) in [6, 6.07) is 0. The Hall–Kier alpha value is -0.590. The lowest BCUT2D eigenvalue weighted by Crippen LogP contribution is -2.03. The van der Waals surface area contributed by atoms with E-state index in [1.807, 2.05) is 6.92 Å². The van der Waals surface area contributed by atoms with Crippen LogP contribution in [0.3, 0.4) is 0 Å². The Labute approximate surface area is 63.1 Å². The molecule has 1 atom stereocenters. The minimum absolute atomic E-state index is 0.197. The van der Waals surface area contributed by atoms with E-state index in [9.17, 15) is 4.79 Å². The van der Waals surface area contributed by atoms with Crippen molar-refractivity contribution in [3.05, 3.63) is 12.2 Å². The van der Waals surface area contributed by atoms with Crippen LogP contribution in [0.5, 0.6) is 0 Å². The van der Waals surface area contributed by atoms with E-state index in [-0.39, 0.29) is 11.7 Å². The first kappa shape index (κ1) is 9.41. The fourth-order valence-electron chi connectivity index (χ4n) is 0.633. The Kier molecular flexibility index (Phi) is 4.91. The molecule has 58 valence electrons. The molecule has 0 N–H and O–H groups in total. The second-order valence-corrected chi connectivity index (χ2v) is 2.63. The second-order valence-electron chi connectivity index (χ2n) is 2.63. The third-order valence-corrected chi connectivity index (χ3v) is 1.59. The highest BCUT2D eigenvalue weighted by Crippen LogP contribution is 2.03. The third kappa shape index (κ3) is 4.30. The largest absolute Gasteiger partial charge is 0.300 e. The zero-order chi connectivity index (χ0) is 7.98. The van der Waals surface area contributed by atoms with Gasteiger partial charge in [-0.3, -0.25) is 4.79 Å². The van der Waals surface area contributed by atoms with E-state index in [0.29, 0.717) is 0 Å². The molecule has 0 rings (SSSR count). The van der Waals surface area contributed by atoms with E-state index < -0.39 is 0 Å². The molecular formula is C9H16O. The van der Waals surface area contributed by atoms with Gasteiger partial charge >= 0.3 is 0 Å². The number of allylic oxidation sites excluding steroid dienone is 2. The van der Waals surface area contributed by atoms with E-state index in [2.05, 4.69) is 19.1 Å². The summed E-state index contributed by atoms with van der Waals surface area (Å²) in [6.07, 6.45) is 6.12. The maximum Gasteiger partial charge on any atom is 0.132 e.